The van der Waals surface area contributed by atoms with E-state index in [1.54, 1.807) is 6.07 Å². The molecule has 30 heavy (non-hydrogen) atoms. The lowest BCUT2D eigenvalue weighted by molar-refractivity contribution is -0.141. The predicted molar refractivity (Wildman–Crippen MR) is 116 cm³/mol. The fraction of sp³-hybridized carbons (Fsp3) is 0.333. The van der Waals surface area contributed by atoms with Gasteiger partial charge in [0, 0.05) is 23.5 Å². The Morgan fingerprint density at radius 1 is 1.10 bits per heavy atom. The van der Waals surface area contributed by atoms with Crippen molar-refractivity contribution >= 4 is 22.6 Å². The first-order valence-electron chi connectivity index (χ1n) is 10.1. The molecule has 0 aliphatic heterocycles. The van der Waals surface area contributed by atoms with Crippen LogP contribution < -0.4 is 9.47 Å². The highest BCUT2D eigenvalue weighted by Gasteiger charge is 2.08. The quantitative estimate of drug-likeness (QED) is 0.265. The monoisotopic (exact) mass is 406 g/mol. The summed E-state index contributed by atoms with van der Waals surface area (Å²) < 4.78 is 18.4. The predicted octanol–water partition coefficient (Wildman–Crippen LogP) is 5.17. The number of esters is 1. The van der Waals surface area contributed by atoms with Gasteiger partial charge in [-0.05, 0) is 48.4 Å². The highest BCUT2D eigenvalue weighted by atomic mass is 16.5. The summed E-state index contributed by atoms with van der Waals surface area (Å²) in [7, 11) is 1.39. The summed E-state index contributed by atoms with van der Waals surface area (Å²) in [5, 5.41) is 1.01. The number of hydrogen-bond acceptors (Lipinski definition) is 4. The number of carbonyl (C=O) groups excluding carboxylic acids is 1. The van der Waals surface area contributed by atoms with Crippen molar-refractivity contribution in [3.05, 3.63) is 65.6 Å². The Hall–Kier alpha value is -3.46. The standard InChI is InChI=1S/C24H26N2O4/c1-4-6-19-15-20(25-2)7-10-23(19)30-14-5-13-29-21-8-9-22-18(16-21)11-12-26(22)17-24(27)28-3/h7-12,15-16H,4-6,13-14,17H2,1,3H3. The van der Waals surface area contributed by atoms with Crippen molar-refractivity contribution in [2.75, 3.05) is 20.3 Å². The number of aryl methyl sites for hydroxylation is 1. The van der Waals surface area contributed by atoms with Crippen LogP contribution in [0.1, 0.15) is 25.3 Å². The van der Waals surface area contributed by atoms with Gasteiger partial charge in [-0.25, -0.2) is 4.85 Å². The van der Waals surface area contributed by atoms with Crippen molar-refractivity contribution < 1.29 is 19.0 Å². The molecule has 3 aromatic rings. The molecule has 0 amide bonds. The largest absolute Gasteiger partial charge is 0.493 e. The molecule has 1 aromatic heterocycles. The van der Waals surface area contributed by atoms with Gasteiger partial charge < -0.3 is 18.8 Å². The van der Waals surface area contributed by atoms with Crippen molar-refractivity contribution in [3.63, 3.8) is 0 Å². The minimum Gasteiger partial charge on any atom is -0.493 e. The summed E-state index contributed by atoms with van der Waals surface area (Å²) in [5.41, 5.74) is 2.68. The zero-order chi connectivity index (χ0) is 21.3. The first-order chi connectivity index (χ1) is 14.6. The smallest absolute Gasteiger partial charge is 0.325 e. The topological polar surface area (TPSA) is 54.0 Å². The fourth-order valence-corrected chi connectivity index (χ4v) is 3.28. The molecule has 0 aliphatic carbocycles. The Balaban J connectivity index is 1.51. The second kappa shape index (κ2) is 10.4. The van der Waals surface area contributed by atoms with E-state index in [9.17, 15) is 4.79 Å². The molecule has 0 saturated carbocycles. The number of benzene rings is 2. The second-order valence-corrected chi connectivity index (χ2v) is 6.94. The van der Waals surface area contributed by atoms with E-state index in [2.05, 4.69) is 11.8 Å². The van der Waals surface area contributed by atoms with Gasteiger partial charge in [0.2, 0.25) is 0 Å². The number of carbonyl (C=O) groups is 1. The SMILES string of the molecule is [C-]#[N+]c1ccc(OCCCOc2ccc3c(ccn3CC(=O)OC)c2)c(CCC)c1. The third-order valence-electron chi connectivity index (χ3n) is 4.78. The molecule has 3 rings (SSSR count). The maximum Gasteiger partial charge on any atom is 0.325 e. The third kappa shape index (κ3) is 5.32. The Morgan fingerprint density at radius 2 is 1.93 bits per heavy atom. The lowest BCUT2D eigenvalue weighted by Crippen LogP contribution is -2.10. The van der Waals surface area contributed by atoms with Crippen molar-refractivity contribution in [1.82, 2.24) is 4.57 Å². The van der Waals surface area contributed by atoms with Crippen LogP contribution in [-0.2, 0) is 22.5 Å². The van der Waals surface area contributed by atoms with Gasteiger partial charge in [-0.1, -0.05) is 19.4 Å². The Morgan fingerprint density at radius 3 is 2.70 bits per heavy atom. The molecule has 6 heteroatoms. The molecule has 0 unspecified atom stereocenters. The maximum absolute atomic E-state index is 11.5. The first-order valence-corrected chi connectivity index (χ1v) is 10.1. The van der Waals surface area contributed by atoms with Gasteiger partial charge in [-0.15, -0.1) is 0 Å². The lowest BCUT2D eigenvalue weighted by atomic mass is 10.1. The average molecular weight is 406 g/mol. The van der Waals surface area contributed by atoms with Crippen molar-refractivity contribution in [3.8, 4) is 11.5 Å². The first kappa shape index (κ1) is 21.3. The Labute approximate surface area is 176 Å². The van der Waals surface area contributed by atoms with Crippen molar-refractivity contribution in [1.29, 1.82) is 0 Å². The van der Waals surface area contributed by atoms with Crippen LogP contribution in [0.25, 0.3) is 15.7 Å². The van der Waals surface area contributed by atoms with E-state index < -0.39 is 0 Å². The Kier molecular flexibility index (Phi) is 7.34. The van der Waals surface area contributed by atoms with E-state index >= 15 is 0 Å². The van der Waals surface area contributed by atoms with Gasteiger partial charge in [0.1, 0.15) is 18.0 Å². The molecule has 0 fully saturated rings. The summed E-state index contributed by atoms with van der Waals surface area (Å²) in [6.45, 7) is 10.5. The van der Waals surface area contributed by atoms with Gasteiger partial charge in [-0.3, -0.25) is 4.79 Å². The van der Waals surface area contributed by atoms with Crippen molar-refractivity contribution in [2.45, 2.75) is 32.7 Å². The second-order valence-electron chi connectivity index (χ2n) is 6.94. The number of ether oxygens (including phenoxy) is 3. The summed E-state index contributed by atoms with van der Waals surface area (Å²) in [4.78, 5) is 15.0. The normalized spacial score (nSPS) is 10.6. The molecule has 0 aliphatic rings. The molecule has 156 valence electrons. The molecule has 0 N–H and O–H groups in total. The number of rotatable bonds is 10. The van der Waals surface area contributed by atoms with Gasteiger partial charge in [0.15, 0.2) is 5.69 Å². The number of hydrogen-bond donors (Lipinski definition) is 0. The summed E-state index contributed by atoms with van der Waals surface area (Å²) >= 11 is 0. The fourth-order valence-electron chi connectivity index (χ4n) is 3.28. The van der Waals surface area contributed by atoms with E-state index in [0.717, 1.165) is 47.2 Å². The number of methoxy groups -OCH3 is 1. The number of aromatic nitrogens is 1. The molecule has 2 aromatic carbocycles. The van der Waals surface area contributed by atoms with Crippen LogP contribution in [0.2, 0.25) is 0 Å². The van der Waals surface area contributed by atoms with Crippen LogP contribution in [0.5, 0.6) is 11.5 Å². The highest BCUT2D eigenvalue weighted by Crippen LogP contribution is 2.26. The molecule has 1 heterocycles. The zero-order valence-corrected chi connectivity index (χ0v) is 17.4. The molecule has 0 spiro atoms. The van der Waals surface area contributed by atoms with Crippen LogP contribution in [0.3, 0.4) is 0 Å². The number of fused-ring (bicyclic) bond motifs is 1. The van der Waals surface area contributed by atoms with Crippen LogP contribution >= 0.6 is 0 Å². The van der Waals surface area contributed by atoms with E-state index in [1.807, 2.05) is 47.2 Å². The van der Waals surface area contributed by atoms with E-state index in [-0.39, 0.29) is 12.5 Å². The highest BCUT2D eigenvalue weighted by molar-refractivity contribution is 5.83. The van der Waals surface area contributed by atoms with Crippen LogP contribution in [0, 0.1) is 6.57 Å². The minimum absolute atomic E-state index is 0.189. The van der Waals surface area contributed by atoms with Gasteiger partial charge in [0.25, 0.3) is 0 Å². The lowest BCUT2D eigenvalue weighted by Gasteiger charge is -2.12. The van der Waals surface area contributed by atoms with Crippen molar-refractivity contribution in [2.24, 2.45) is 0 Å². The molecular formula is C24H26N2O4. The van der Waals surface area contributed by atoms with Crippen LogP contribution in [0.15, 0.2) is 48.7 Å². The van der Waals surface area contributed by atoms with Gasteiger partial charge in [-0.2, -0.15) is 0 Å². The third-order valence-corrected chi connectivity index (χ3v) is 4.78. The van der Waals surface area contributed by atoms with Gasteiger partial charge >= 0.3 is 5.97 Å². The zero-order valence-electron chi connectivity index (χ0n) is 17.4. The Bertz CT molecular complexity index is 1050. The van der Waals surface area contributed by atoms with Crippen LogP contribution in [-0.4, -0.2) is 30.9 Å². The van der Waals surface area contributed by atoms with E-state index in [0.29, 0.717) is 18.9 Å². The summed E-state index contributed by atoms with van der Waals surface area (Å²) in [6, 6.07) is 13.3. The van der Waals surface area contributed by atoms with Gasteiger partial charge in [0.05, 0.1) is 26.9 Å². The summed E-state index contributed by atoms with van der Waals surface area (Å²) in [5.74, 6) is 1.35. The minimum atomic E-state index is -0.279. The summed E-state index contributed by atoms with van der Waals surface area (Å²) in [6.07, 6.45) is 4.51. The molecule has 6 nitrogen and oxygen atoms in total. The molecule has 0 radical (unpaired) electrons. The van der Waals surface area contributed by atoms with E-state index in [1.165, 1.54) is 7.11 Å². The number of nitrogens with zero attached hydrogens (tertiary/aromatic N) is 2. The molecule has 0 saturated heterocycles. The molecule has 0 bridgehead atoms. The van der Waals surface area contributed by atoms with E-state index in [4.69, 9.17) is 20.8 Å². The molecule has 0 atom stereocenters. The maximum atomic E-state index is 11.5. The van der Waals surface area contributed by atoms with Crippen LogP contribution in [0.4, 0.5) is 5.69 Å². The average Bonchev–Trinajstić information content (AvgIpc) is 3.16. The molecular weight excluding hydrogens is 380 g/mol.